The molecule has 1 aliphatic rings. The average Bonchev–Trinajstić information content (AvgIpc) is 2.40. The maximum atomic E-state index is 12.2. The molecule has 86 valence electrons. The summed E-state index contributed by atoms with van der Waals surface area (Å²) in [7, 11) is 0. The van der Waals surface area contributed by atoms with Crippen molar-refractivity contribution in [3.05, 3.63) is 0 Å². The van der Waals surface area contributed by atoms with Gasteiger partial charge in [0.15, 0.2) is 5.92 Å². The normalized spacial score (nSPS) is 30.1. The van der Waals surface area contributed by atoms with Crippen LogP contribution in [0.25, 0.3) is 0 Å². The third-order valence-electron chi connectivity index (χ3n) is 2.33. The molecule has 0 aliphatic carbocycles. The Morgan fingerprint density at radius 3 is 2.13 bits per heavy atom. The minimum atomic E-state index is -4.56. The van der Waals surface area contributed by atoms with Gasteiger partial charge in [0.05, 0.1) is 18.3 Å². The number of aliphatic hydroxyl groups is 2. The van der Waals surface area contributed by atoms with Crippen LogP contribution in [0.5, 0.6) is 0 Å². The molecule has 0 aromatic carbocycles. The SMILES string of the molecule is N#CC(CN1C[C@@H](O)[C@@H](O)C1)C(F)(F)F. The molecule has 1 aliphatic heterocycles. The number of halogens is 3. The first-order chi connectivity index (χ1) is 6.84. The largest absolute Gasteiger partial charge is 0.405 e. The van der Waals surface area contributed by atoms with Gasteiger partial charge in [-0.15, -0.1) is 0 Å². The smallest absolute Gasteiger partial charge is 0.389 e. The van der Waals surface area contributed by atoms with Crippen molar-refractivity contribution in [3.63, 3.8) is 0 Å². The monoisotopic (exact) mass is 224 g/mol. The summed E-state index contributed by atoms with van der Waals surface area (Å²) < 4.78 is 36.6. The summed E-state index contributed by atoms with van der Waals surface area (Å²) in [5.41, 5.74) is 0. The minimum absolute atomic E-state index is 0.0323. The van der Waals surface area contributed by atoms with Gasteiger partial charge in [0.25, 0.3) is 0 Å². The highest BCUT2D eigenvalue weighted by Crippen LogP contribution is 2.27. The lowest BCUT2D eigenvalue weighted by Crippen LogP contribution is -2.35. The second-order valence-electron chi connectivity index (χ2n) is 3.58. The van der Waals surface area contributed by atoms with Gasteiger partial charge in [-0.3, -0.25) is 4.90 Å². The van der Waals surface area contributed by atoms with Crippen LogP contribution in [0.1, 0.15) is 0 Å². The number of nitrogens with zero attached hydrogens (tertiary/aromatic N) is 2. The molecule has 0 radical (unpaired) electrons. The van der Waals surface area contributed by atoms with Crippen LogP contribution < -0.4 is 0 Å². The van der Waals surface area contributed by atoms with Crippen LogP contribution in [0.4, 0.5) is 13.2 Å². The summed E-state index contributed by atoms with van der Waals surface area (Å²) in [6.45, 7) is -0.570. The van der Waals surface area contributed by atoms with Crippen molar-refractivity contribution in [3.8, 4) is 6.07 Å². The standard InChI is InChI=1S/C8H11F3N2O2/c9-8(10,11)5(1-12)2-13-3-6(14)7(15)4-13/h5-7,14-15H,2-4H2/t5?,6-,7+. The van der Waals surface area contributed by atoms with Crippen LogP contribution in [0.15, 0.2) is 0 Å². The summed E-state index contributed by atoms with van der Waals surface area (Å²) in [4.78, 5) is 1.23. The molecule has 0 bridgehead atoms. The lowest BCUT2D eigenvalue weighted by molar-refractivity contribution is -0.162. The second kappa shape index (κ2) is 4.35. The van der Waals surface area contributed by atoms with E-state index in [1.165, 1.54) is 11.0 Å². The average molecular weight is 224 g/mol. The third kappa shape index (κ3) is 3.06. The Morgan fingerprint density at radius 1 is 1.33 bits per heavy atom. The van der Waals surface area contributed by atoms with E-state index in [1.54, 1.807) is 0 Å². The molecule has 1 fully saturated rings. The van der Waals surface area contributed by atoms with Crippen molar-refractivity contribution in [2.45, 2.75) is 18.4 Å². The van der Waals surface area contributed by atoms with Crippen molar-refractivity contribution in [1.82, 2.24) is 4.90 Å². The number of alkyl halides is 3. The van der Waals surface area contributed by atoms with Crippen LogP contribution in [0.3, 0.4) is 0 Å². The zero-order chi connectivity index (χ0) is 11.6. The first-order valence-corrected chi connectivity index (χ1v) is 4.39. The number of aliphatic hydroxyl groups excluding tert-OH is 2. The highest BCUT2D eigenvalue weighted by atomic mass is 19.4. The van der Waals surface area contributed by atoms with Crippen LogP contribution in [0.2, 0.25) is 0 Å². The molecule has 1 unspecified atom stereocenters. The van der Waals surface area contributed by atoms with Gasteiger partial charge in [-0.1, -0.05) is 0 Å². The van der Waals surface area contributed by atoms with E-state index in [-0.39, 0.29) is 13.1 Å². The van der Waals surface area contributed by atoms with Gasteiger partial charge >= 0.3 is 6.18 Å². The fourth-order valence-electron chi connectivity index (χ4n) is 1.47. The summed E-state index contributed by atoms with van der Waals surface area (Å²) in [6.07, 6.45) is -6.62. The molecule has 0 aromatic heterocycles. The first-order valence-electron chi connectivity index (χ1n) is 4.39. The summed E-state index contributed by atoms with van der Waals surface area (Å²) in [5.74, 6) is -2.07. The maximum absolute atomic E-state index is 12.2. The number of nitriles is 1. The van der Waals surface area contributed by atoms with Gasteiger partial charge in [-0.25, -0.2) is 0 Å². The Labute approximate surface area is 84.5 Å². The van der Waals surface area contributed by atoms with Crippen LogP contribution in [0, 0.1) is 17.2 Å². The molecular weight excluding hydrogens is 213 g/mol. The van der Waals surface area contributed by atoms with E-state index in [9.17, 15) is 13.2 Å². The van der Waals surface area contributed by atoms with Crippen molar-refractivity contribution < 1.29 is 23.4 Å². The first kappa shape index (κ1) is 12.2. The second-order valence-corrected chi connectivity index (χ2v) is 3.58. The summed E-state index contributed by atoms with van der Waals surface area (Å²) >= 11 is 0. The molecule has 3 atom stereocenters. The van der Waals surface area contributed by atoms with Gasteiger partial charge in [0.1, 0.15) is 0 Å². The van der Waals surface area contributed by atoms with E-state index >= 15 is 0 Å². The molecule has 0 aromatic rings. The third-order valence-corrected chi connectivity index (χ3v) is 2.33. The Kier molecular flexibility index (Phi) is 3.54. The topological polar surface area (TPSA) is 67.5 Å². The van der Waals surface area contributed by atoms with Gasteiger partial charge in [-0.2, -0.15) is 18.4 Å². The van der Waals surface area contributed by atoms with Gasteiger partial charge in [-0.05, 0) is 0 Å². The molecule has 15 heavy (non-hydrogen) atoms. The molecule has 0 amide bonds. The van der Waals surface area contributed by atoms with E-state index in [4.69, 9.17) is 15.5 Å². The number of likely N-dealkylation sites (tertiary alicyclic amines) is 1. The van der Waals surface area contributed by atoms with E-state index in [0.717, 1.165) is 0 Å². The number of β-amino-alcohol motifs (C(OH)–C–C–N with tert-alkyl or cyclic N) is 2. The molecule has 1 saturated heterocycles. The summed E-state index contributed by atoms with van der Waals surface area (Å²) in [6, 6.07) is 1.17. The molecule has 7 heteroatoms. The van der Waals surface area contributed by atoms with Gasteiger partial charge in [0, 0.05) is 19.6 Å². The Hall–Kier alpha value is -0.840. The molecular formula is C8H11F3N2O2. The number of rotatable bonds is 2. The van der Waals surface area contributed by atoms with Crippen molar-refractivity contribution in [2.75, 3.05) is 19.6 Å². The molecule has 0 saturated carbocycles. The molecule has 2 N–H and O–H groups in total. The Morgan fingerprint density at radius 2 is 1.80 bits per heavy atom. The van der Waals surface area contributed by atoms with E-state index < -0.39 is 30.8 Å². The lowest BCUT2D eigenvalue weighted by atomic mass is 10.1. The van der Waals surface area contributed by atoms with E-state index in [2.05, 4.69) is 0 Å². The van der Waals surface area contributed by atoms with Crippen molar-refractivity contribution in [1.29, 1.82) is 5.26 Å². The quantitative estimate of drug-likeness (QED) is 0.677. The highest BCUT2D eigenvalue weighted by Gasteiger charge is 2.42. The lowest BCUT2D eigenvalue weighted by Gasteiger charge is -2.20. The van der Waals surface area contributed by atoms with Gasteiger partial charge in [0.2, 0.25) is 0 Å². The number of hydrogen-bond acceptors (Lipinski definition) is 4. The fraction of sp³-hybridized carbons (Fsp3) is 0.875. The van der Waals surface area contributed by atoms with Gasteiger partial charge < -0.3 is 10.2 Å². The van der Waals surface area contributed by atoms with Crippen LogP contribution in [-0.4, -0.2) is 53.1 Å². The predicted octanol–water partition coefficient (Wildman–Crippen LogP) is -0.274. The molecule has 1 heterocycles. The molecule has 1 rings (SSSR count). The van der Waals surface area contributed by atoms with Crippen molar-refractivity contribution in [2.24, 2.45) is 5.92 Å². The maximum Gasteiger partial charge on any atom is 0.405 e. The predicted molar refractivity (Wildman–Crippen MR) is 43.6 cm³/mol. The zero-order valence-electron chi connectivity index (χ0n) is 7.78. The molecule has 0 spiro atoms. The van der Waals surface area contributed by atoms with E-state index in [0.29, 0.717) is 0 Å². The zero-order valence-corrected chi connectivity index (χ0v) is 7.78. The molecule has 4 nitrogen and oxygen atoms in total. The van der Waals surface area contributed by atoms with Crippen LogP contribution in [-0.2, 0) is 0 Å². The highest BCUT2D eigenvalue weighted by molar-refractivity contribution is 4.93. The summed E-state index contributed by atoms with van der Waals surface area (Å²) in [5, 5.41) is 26.5. The minimum Gasteiger partial charge on any atom is -0.389 e. The van der Waals surface area contributed by atoms with Crippen molar-refractivity contribution >= 4 is 0 Å². The Balaban J connectivity index is 2.52. The Bertz CT molecular complexity index is 254. The van der Waals surface area contributed by atoms with E-state index in [1.807, 2.05) is 0 Å². The number of hydrogen-bond donors (Lipinski definition) is 2. The van der Waals surface area contributed by atoms with Crippen LogP contribution >= 0.6 is 0 Å². The fourth-order valence-corrected chi connectivity index (χ4v) is 1.47.